The van der Waals surface area contributed by atoms with Crippen molar-refractivity contribution in [3.63, 3.8) is 0 Å². The van der Waals surface area contributed by atoms with Crippen molar-refractivity contribution >= 4 is 11.8 Å². The molecule has 1 aliphatic carbocycles. The van der Waals surface area contributed by atoms with Gasteiger partial charge in [0.2, 0.25) is 0 Å². The molecule has 0 N–H and O–H groups in total. The van der Waals surface area contributed by atoms with Gasteiger partial charge in [0.1, 0.15) is 0 Å². The fourth-order valence-electron chi connectivity index (χ4n) is 2.93. The molecule has 2 heterocycles. The number of piperidine rings is 1. The Morgan fingerprint density at radius 1 is 1.35 bits per heavy atom. The number of nitrogens with zero attached hydrogens (tertiary/aromatic N) is 3. The second-order valence-electron chi connectivity index (χ2n) is 5.95. The molecule has 0 radical (unpaired) electrons. The maximum Gasteiger partial charge on any atom is 0.273 e. The van der Waals surface area contributed by atoms with E-state index < -0.39 is 0 Å². The van der Waals surface area contributed by atoms with E-state index in [9.17, 15) is 4.79 Å². The first-order valence-electron chi connectivity index (χ1n) is 7.66. The highest BCUT2D eigenvalue weighted by Crippen LogP contribution is 2.37. The van der Waals surface area contributed by atoms with Crippen LogP contribution in [0.2, 0.25) is 0 Å². The molecule has 0 amide bonds. The van der Waals surface area contributed by atoms with Gasteiger partial charge in [0.15, 0.2) is 5.16 Å². The van der Waals surface area contributed by atoms with Gasteiger partial charge in [-0.3, -0.25) is 4.79 Å². The second-order valence-corrected chi connectivity index (χ2v) is 7.02. The van der Waals surface area contributed by atoms with Gasteiger partial charge in [-0.05, 0) is 45.7 Å². The first-order chi connectivity index (χ1) is 9.74. The summed E-state index contributed by atoms with van der Waals surface area (Å²) >= 11 is 1.75. The molecule has 1 aromatic heterocycles. The van der Waals surface area contributed by atoms with Gasteiger partial charge >= 0.3 is 0 Å². The van der Waals surface area contributed by atoms with Crippen LogP contribution in [0.5, 0.6) is 0 Å². The molecule has 3 rings (SSSR count). The Labute approximate surface area is 124 Å². The normalized spacial score (nSPS) is 23.9. The fraction of sp³-hybridized carbons (Fsp3) is 0.733. The fourth-order valence-corrected chi connectivity index (χ4v) is 4.02. The standard InChI is InChI=1S/C15H23N3OS/c1-17-9-3-2-4-12(17)8-11-20-15-16-14(19)7-10-18(15)13-5-6-13/h7,10,12-13H,2-6,8-9,11H2,1H3/t12-/m1/s1. The Bertz CT molecular complexity index is 512. The number of thioether (sulfide) groups is 1. The Hall–Kier alpha value is -0.810. The Morgan fingerprint density at radius 2 is 2.20 bits per heavy atom. The van der Waals surface area contributed by atoms with Crippen LogP contribution in [-0.2, 0) is 0 Å². The first-order valence-corrected chi connectivity index (χ1v) is 8.65. The van der Waals surface area contributed by atoms with Gasteiger partial charge in [-0.1, -0.05) is 18.2 Å². The number of likely N-dealkylation sites (tertiary alicyclic amines) is 1. The molecule has 1 atom stereocenters. The van der Waals surface area contributed by atoms with Crippen molar-refractivity contribution in [2.45, 2.75) is 55.8 Å². The van der Waals surface area contributed by atoms with E-state index in [1.54, 1.807) is 17.8 Å². The molecule has 0 aromatic carbocycles. The van der Waals surface area contributed by atoms with Crippen molar-refractivity contribution in [1.29, 1.82) is 0 Å². The van der Waals surface area contributed by atoms with Crippen LogP contribution in [0.4, 0.5) is 0 Å². The van der Waals surface area contributed by atoms with Crippen molar-refractivity contribution in [3.05, 3.63) is 22.6 Å². The summed E-state index contributed by atoms with van der Waals surface area (Å²) in [6, 6.07) is 2.88. The number of hydrogen-bond donors (Lipinski definition) is 0. The minimum Gasteiger partial charge on any atom is -0.324 e. The molecule has 4 nitrogen and oxygen atoms in total. The summed E-state index contributed by atoms with van der Waals surface area (Å²) in [6.45, 7) is 1.23. The van der Waals surface area contributed by atoms with Crippen LogP contribution in [0.15, 0.2) is 22.2 Å². The molecule has 1 saturated heterocycles. The van der Waals surface area contributed by atoms with E-state index in [1.165, 1.54) is 45.1 Å². The Balaban J connectivity index is 1.57. The molecule has 2 fully saturated rings. The van der Waals surface area contributed by atoms with E-state index in [4.69, 9.17) is 0 Å². The van der Waals surface area contributed by atoms with Crippen molar-refractivity contribution in [2.75, 3.05) is 19.3 Å². The zero-order chi connectivity index (χ0) is 13.9. The molecular weight excluding hydrogens is 270 g/mol. The summed E-state index contributed by atoms with van der Waals surface area (Å²) in [5, 5.41) is 0.915. The first kappa shape index (κ1) is 14.1. The molecule has 110 valence electrons. The van der Waals surface area contributed by atoms with Crippen molar-refractivity contribution in [2.24, 2.45) is 0 Å². The Morgan fingerprint density at radius 3 is 2.95 bits per heavy atom. The van der Waals surface area contributed by atoms with Crippen molar-refractivity contribution in [1.82, 2.24) is 14.5 Å². The second kappa shape index (κ2) is 6.31. The minimum absolute atomic E-state index is 0.112. The highest BCUT2D eigenvalue weighted by molar-refractivity contribution is 7.99. The third-order valence-corrected chi connectivity index (χ3v) is 5.35. The van der Waals surface area contributed by atoms with Gasteiger partial charge in [0.25, 0.3) is 5.56 Å². The minimum atomic E-state index is -0.112. The third kappa shape index (κ3) is 3.44. The number of rotatable bonds is 5. The van der Waals surface area contributed by atoms with Crippen molar-refractivity contribution in [3.8, 4) is 0 Å². The molecule has 0 unspecified atom stereocenters. The highest BCUT2D eigenvalue weighted by Gasteiger charge is 2.25. The van der Waals surface area contributed by atoms with Gasteiger partial charge < -0.3 is 9.47 Å². The molecular formula is C15H23N3OS. The zero-order valence-corrected chi connectivity index (χ0v) is 12.9. The van der Waals surface area contributed by atoms with Crippen LogP contribution in [-0.4, -0.2) is 39.8 Å². The molecule has 0 spiro atoms. The third-order valence-electron chi connectivity index (χ3n) is 4.35. The molecule has 2 aliphatic rings. The van der Waals surface area contributed by atoms with Crippen molar-refractivity contribution < 1.29 is 0 Å². The predicted octanol–water partition coefficient (Wildman–Crippen LogP) is 2.54. The van der Waals surface area contributed by atoms with E-state index in [1.807, 2.05) is 6.20 Å². The largest absolute Gasteiger partial charge is 0.324 e. The maximum absolute atomic E-state index is 11.5. The average Bonchev–Trinajstić information content (AvgIpc) is 3.26. The van der Waals surface area contributed by atoms with Gasteiger partial charge in [-0.25, -0.2) is 0 Å². The van der Waals surface area contributed by atoms with Crippen LogP contribution >= 0.6 is 11.8 Å². The SMILES string of the molecule is CN1CCCC[C@@H]1CCSc1nc(=O)ccn1C1CC1. The lowest BCUT2D eigenvalue weighted by Gasteiger charge is -2.32. The number of hydrogen-bond acceptors (Lipinski definition) is 4. The maximum atomic E-state index is 11.5. The quantitative estimate of drug-likeness (QED) is 0.618. The van der Waals surface area contributed by atoms with E-state index in [-0.39, 0.29) is 5.56 Å². The van der Waals surface area contributed by atoms with Gasteiger partial charge in [-0.15, -0.1) is 0 Å². The summed E-state index contributed by atoms with van der Waals surface area (Å²) in [7, 11) is 2.23. The summed E-state index contributed by atoms with van der Waals surface area (Å²) in [6.07, 6.45) is 9.57. The van der Waals surface area contributed by atoms with Gasteiger partial charge in [0.05, 0.1) is 0 Å². The monoisotopic (exact) mass is 293 g/mol. The molecule has 1 saturated carbocycles. The average molecular weight is 293 g/mol. The van der Waals surface area contributed by atoms with E-state index in [0.717, 1.165) is 10.9 Å². The summed E-state index contributed by atoms with van der Waals surface area (Å²) < 4.78 is 2.19. The van der Waals surface area contributed by atoms with E-state index in [0.29, 0.717) is 12.1 Å². The van der Waals surface area contributed by atoms with Crippen LogP contribution < -0.4 is 5.56 Å². The lowest BCUT2D eigenvalue weighted by atomic mass is 10.0. The van der Waals surface area contributed by atoms with Crippen LogP contribution in [0.3, 0.4) is 0 Å². The van der Waals surface area contributed by atoms with Crippen LogP contribution in [0.1, 0.15) is 44.6 Å². The smallest absolute Gasteiger partial charge is 0.273 e. The number of aromatic nitrogens is 2. The topological polar surface area (TPSA) is 38.1 Å². The van der Waals surface area contributed by atoms with Gasteiger partial charge in [0, 0.05) is 30.1 Å². The molecule has 0 bridgehead atoms. The summed E-state index contributed by atoms with van der Waals surface area (Å²) in [5.41, 5.74) is -0.112. The lowest BCUT2D eigenvalue weighted by Crippen LogP contribution is -2.36. The predicted molar refractivity (Wildman–Crippen MR) is 82.4 cm³/mol. The van der Waals surface area contributed by atoms with E-state index >= 15 is 0 Å². The highest BCUT2D eigenvalue weighted by atomic mass is 32.2. The summed E-state index contributed by atoms with van der Waals surface area (Å²) in [4.78, 5) is 18.1. The van der Waals surface area contributed by atoms with E-state index in [2.05, 4.69) is 21.5 Å². The molecule has 1 aliphatic heterocycles. The lowest BCUT2D eigenvalue weighted by molar-refractivity contribution is 0.182. The zero-order valence-electron chi connectivity index (χ0n) is 12.1. The molecule has 1 aromatic rings. The Kier molecular flexibility index (Phi) is 4.46. The summed E-state index contributed by atoms with van der Waals surface area (Å²) in [5.74, 6) is 1.05. The molecule has 5 heteroatoms. The molecule has 20 heavy (non-hydrogen) atoms. The van der Waals surface area contributed by atoms with Crippen LogP contribution in [0, 0.1) is 0 Å². The van der Waals surface area contributed by atoms with Crippen LogP contribution in [0.25, 0.3) is 0 Å². The van der Waals surface area contributed by atoms with Gasteiger partial charge in [-0.2, -0.15) is 4.98 Å².